The molecule has 4 nitrogen and oxygen atoms in total. The Kier molecular flexibility index (Phi) is 5.88. The van der Waals surface area contributed by atoms with Crippen LogP contribution < -0.4 is 5.32 Å². The molecule has 2 rings (SSSR count). The second kappa shape index (κ2) is 7.45. The standard InChI is InChI=1S/C15H19Cl2NO3/c16-11-2-3-12(13(17)10-11)15(4-1-5-15)14(20)18-6-8-21-9-7-19/h2-3,10,19H,1,4-9H2,(H,18,20). The quantitative estimate of drug-likeness (QED) is 0.755. The molecule has 1 aromatic rings. The van der Waals surface area contributed by atoms with Gasteiger partial charge in [-0.2, -0.15) is 0 Å². The van der Waals surface area contributed by atoms with E-state index >= 15 is 0 Å². The third-order valence-electron chi connectivity index (χ3n) is 3.86. The Labute approximate surface area is 134 Å². The van der Waals surface area contributed by atoms with Gasteiger partial charge in [-0.05, 0) is 30.5 Å². The van der Waals surface area contributed by atoms with Gasteiger partial charge in [-0.25, -0.2) is 0 Å². The first-order chi connectivity index (χ1) is 10.1. The number of hydrogen-bond acceptors (Lipinski definition) is 3. The fourth-order valence-corrected chi connectivity index (χ4v) is 3.19. The number of aliphatic hydroxyl groups excluding tert-OH is 1. The molecule has 6 heteroatoms. The minimum Gasteiger partial charge on any atom is -0.394 e. The summed E-state index contributed by atoms with van der Waals surface area (Å²) in [5, 5.41) is 12.6. The number of rotatable bonds is 7. The fraction of sp³-hybridized carbons (Fsp3) is 0.533. The first kappa shape index (κ1) is 16.6. The van der Waals surface area contributed by atoms with Crippen LogP contribution in [0.15, 0.2) is 18.2 Å². The lowest BCUT2D eigenvalue weighted by atomic mass is 9.63. The number of aliphatic hydroxyl groups is 1. The molecular weight excluding hydrogens is 313 g/mol. The summed E-state index contributed by atoms with van der Waals surface area (Å²) in [5.41, 5.74) is 0.298. The molecule has 1 fully saturated rings. The van der Waals surface area contributed by atoms with Gasteiger partial charge in [0.2, 0.25) is 5.91 Å². The minimum atomic E-state index is -0.543. The number of ether oxygens (including phenoxy) is 1. The Hall–Kier alpha value is -0.810. The molecule has 0 bridgehead atoms. The molecule has 0 spiro atoms. The Morgan fingerprint density at radius 2 is 2.10 bits per heavy atom. The average molecular weight is 332 g/mol. The second-order valence-corrected chi connectivity index (χ2v) is 6.00. The molecule has 0 radical (unpaired) electrons. The Balaban J connectivity index is 2.02. The van der Waals surface area contributed by atoms with Crippen LogP contribution in [0.25, 0.3) is 0 Å². The van der Waals surface area contributed by atoms with Crippen molar-refractivity contribution < 1.29 is 14.6 Å². The molecular formula is C15H19Cl2NO3. The van der Waals surface area contributed by atoms with Crippen molar-refractivity contribution in [2.45, 2.75) is 24.7 Å². The molecule has 21 heavy (non-hydrogen) atoms. The lowest BCUT2D eigenvalue weighted by Gasteiger charge is -2.41. The van der Waals surface area contributed by atoms with Crippen molar-refractivity contribution in [3.05, 3.63) is 33.8 Å². The summed E-state index contributed by atoms with van der Waals surface area (Å²) in [5.74, 6) is -0.0226. The zero-order valence-electron chi connectivity index (χ0n) is 11.7. The predicted octanol–water partition coefficient (Wildman–Crippen LogP) is 2.54. The van der Waals surface area contributed by atoms with Gasteiger partial charge in [0.05, 0.1) is 25.2 Å². The van der Waals surface area contributed by atoms with Gasteiger partial charge in [0.25, 0.3) is 0 Å². The van der Waals surface area contributed by atoms with Crippen LogP contribution in [0, 0.1) is 0 Å². The van der Waals surface area contributed by atoms with E-state index in [1.807, 2.05) is 6.07 Å². The molecule has 116 valence electrons. The van der Waals surface area contributed by atoms with Crippen molar-refractivity contribution in [2.24, 2.45) is 0 Å². The highest BCUT2D eigenvalue weighted by Gasteiger charge is 2.46. The molecule has 1 saturated carbocycles. The van der Waals surface area contributed by atoms with Gasteiger partial charge in [0.15, 0.2) is 0 Å². The summed E-state index contributed by atoms with van der Waals surface area (Å²) < 4.78 is 5.13. The number of carbonyl (C=O) groups is 1. The number of hydrogen-bond donors (Lipinski definition) is 2. The normalized spacial score (nSPS) is 16.3. The fourth-order valence-electron chi connectivity index (χ4n) is 2.60. The molecule has 1 aliphatic carbocycles. The maximum Gasteiger partial charge on any atom is 0.230 e. The van der Waals surface area contributed by atoms with Crippen LogP contribution in [0.3, 0.4) is 0 Å². The van der Waals surface area contributed by atoms with E-state index in [-0.39, 0.29) is 19.1 Å². The van der Waals surface area contributed by atoms with E-state index in [9.17, 15) is 4.79 Å². The summed E-state index contributed by atoms with van der Waals surface area (Å²) in [6.07, 6.45) is 2.59. The molecule has 0 aromatic heterocycles. The van der Waals surface area contributed by atoms with Crippen molar-refractivity contribution in [1.29, 1.82) is 0 Å². The molecule has 0 unspecified atom stereocenters. The average Bonchev–Trinajstić information content (AvgIpc) is 2.39. The van der Waals surface area contributed by atoms with E-state index in [1.54, 1.807) is 12.1 Å². The molecule has 2 N–H and O–H groups in total. The van der Waals surface area contributed by atoms with Crippen LogP contribution >= 0.6 is 23.2 Å². The van der Waals surface area contributed by atoms with Crippen LogP contribution in [0.1, 0.15) is 24.8 Å². The molecule has 1 aliphatic rings. The Morgan fingerprint density at radius 3 is 2.67 bits per heavy atom. The van der Waals surface area contributed by atoms with E-state index in [4.69, 9.17) is 33.0 Å². The molecule has 0 atom stereocenters. The third kappa shape index (κ3) is 3.69. The Morgan fingerprint density at radius 1 is 1.33 bits per heavy atom. The SMILES string of the molecule is O=C(NCCOCCO)C1(c2ccc(Cl)cc2Cl)CCC1. The van der Waals surface area contributed by atoms with Gasteiger partial charge < -0.3 is 15.2 Å². The Bertz CT molecular complexity index is 504. The number of nitrogens with one attached hydrogen (secondary N) is 1. The lowest BCUT2D eigenvalue weighted by molar-refractivity contribution is -0.130. The summed E-state index contributed by atoms with van der Waals surface area (Å²) in [6.45, 7) is 1.07. The third-order valence-corrected chi connectivity index (χ3v) is 4.40. The maximum absolute atomic E-state index is 12.5. The van der Waals surface area contributed by atoms with Gasteiger partial charge in [-0.3, -0.25) is 4.79 Å². The van der Waals surface area contributed by atoms with Crippen molar-refractivity contribution >= 4 is 29.1 Å². The summed E-state index contributed by atoms with van der Waals surface area (Å²) in [6, 6.07) is 5.28. The monoisotopic (exact) mass is 331 g/mol. The van der Waals surface area contributed by atoms with E-state index in [1.165, 1.54) is 0 Å². The molecule has 1 aromatic carbocycles. The van der Waals surface area contributed by atoms with Crippen molar-refractivity contribution in [3.63, 3.8) is 0 Å². The van der Waals surface area contributed by atoms with Crippen molar-refractivity contribution in [3.8, 4) is 0 Å². The second-order valence-electron chi connectivity index (χ2n) is 5.15. The smallest absolute Gasteiger partial charge is 0.230 e. The molecule has 0 heterocycles. The zero-order valence-corrected chi connectivity index (χ0v) is 13.2. The van der Waals surface area contributed by atoms with Gasteiger partial charge in [0.1, 0.15) is 0 Å². The van der Waals surface area contributed by atoms with Crippen molar-refractivity contribution in [1.82, 2.24) is 5.32 Å². The van der Waals surface area contributed by atoms with E-state index in [0.717, 1.165) is 24.8 Å². The first-order valence-electron chi connectivity index (χ1n) is 7.02. The predicted molar refractivity (Wildman–Crippen MR) is 82.9 cm³/mol. The molecule has 1 amide bonds. The zero-order chi connectivity index (χ0) is 15.3. The number of carbonyl (C=O) groups excluding carboxylic acids is 1. The first-order valence-corrected chi connectivity index (χ1v) is 7.78. The number of amides is 1. The number of halogens is 2. The van der Waals surface area contributed by atoms with Gasteiger partial charge in [0, 0.05) is 16.6 Å². The van der Waals surface area contributed by atoms with Crippen LogP contribution in [-0.2, 0) is 14.9 Å². The maximum atomic E-state index is 12.5. The van der Waals surface area contributed by atoms with Crippen LogP contribution in [-0.4, -0.2) is 37.4 Å². The van der Waals surface area contributed by atoms with E-state index in [2.05, 4.69) is 5.32 Å². The summed E-state index contributed by atoms with van der Waals surface area (Å²) in [7, 11) is 0. The molecule has 0 saturated heterocycles. The van der Waals surface area contributed by atoms with Crippen LogP contribution in [0.5, 0.6) is 0 Å². The topological polar surface area (TPSA) is 58.6 Å². The molecule has 0 aliphatic heterocycles. The highest BCUT2D eigenvalue weighted by molar-refractivity contribution is 6.35. The van der Waals surface area contributed by atoms with Gasteiger partial charge in [-0.15, -0.1) is 0 Å². The van der Waals surface area contributed by atoms with Crippen LogP contribution in [0.2, 0.25) is 10.0 Å². The lowest BCUT2D eigenvalue weighted by Crippen LogP contribution is -2.50. The minimum absolute atomic E-state index is 0.0156. The number of benzene rings is 1. The van der Waals surface area contributed by atoms with Crippen molar-refractivity contribution in [2.75, 3.05) is 26.4 Å². The van der Waals surface area contributed by atoms with Gasteiger partial charge in [-0.1, -0.05) is 35.7 Å². The summed E-state index contributed by atoms with van der Waals surface area (Å²) in [4.78, 5) is 12.5. The van der Waals surface area contributed by atoms with E-state index in [0.29, 0.717) is 23.2 Å². The van der Waals surface area contributed by atoms with E-state index < -0.39 is 5.41 Å². The highest BCUT2D eigenvalue weighted by Crippen LogP contribution is 2.46. The van der Waals surface area contributed by atoms with Crippen LogP contribution in [0.4, 0.5) is 0 Å². The summed E-state index contributed by atoms with van der Waals surface area (Å²) >= 11 is 12.2. The largest absolute Gasteiger partial charge is 0.394 e. The highest BCUT2D eigenvalue weighted by atomic mass is 35.5. The van der Waals surface area contributed by atoms with Gasteiger partial charge >= 0.3 is 0 Å².